The van der Waals surface area contributed by atoms with Gasteiger partial charge in [0.15, 0.2) is 0 Å². The van der Waals surface area contributed by atoms with Gasteiger partial charge in [0.2, 0.25) is 0 Å². The van der Waals surface area contributed by atoms with Crippen LogP contribution < -0.4 is 5.73 Å². The van der Waals surface area contributed by atoms with E-state index in [1.54, 1.807) is 0 Å². The fraction of sp³-hybridized carbons (Fsp3) is 0.455. The molecule has 0 aromatic heterocycles. The van der Waals surface area contributed by atoms with E-state index in [1.165, 1.54) is 30.4 Å². The van der Waals surface area contributed by atoms with E-state index in [2.05, 4.69) is 26.0 Å². The number of nitrogen functional groups attached to an aromatic ring is 1. The quantitative estimate of drug-likeness (QED) is 0.743. The van der Waals surface area contributed by atoms with E-state index in [0.717, 1.165) is 5.69 Å². The summed E-state index contributed by atoms with van der Waals surface area (Å²) in [5.74, 6) is 0. The standard InChI is InChI=1S/C11H17N.ClH/c1-3-4-5-10-6-7-11(12)9(2)8-10;/h6-8H,3-5,12H2,1-2H3;1H. The van der Waals surface area contributed by atoms with E-state index in [9.17, 15) is 0 Å². The van der Waals surface area contributed by atoms with Crippen LogP contribution >= 0.6 is 12.4 Å². The number of halogens is 1. The molecular weight excluding hydrogens is 182 g/mol. The van der Waals surface area contributed by atoms with Crippen LogP contribution in [0.2, 0.25) is 0 Å². The minimum absolute atomic E-state index is 0. The van der Waals surface area contributed by atoms with Crippen molar-refractivity contribution >= 4 is 18.1 Å². The number of aryl methyl sites for hydroxylation is 2. The Hall–Kier alpha value is -0.690. The molecule has 0 saturated heterocycles. The van der Waals surface area contributed by atoms with Crippen molar-refractivity contribution in [2.24, 2.45) is 0 Å². The summed E-state index contributed by atoms with van der Waals surface area (Å²) < 4.78 is 0. The second kappa shape index (κ2) is 5.87. The molecule has 0 heterocycles. The normalized spacial score (nSPS) is 9.38. The minimum atomic E-state index is 0. The van der Waals surface area contributed by atoms with Crippen molar-refractivity contribution in [3.63, 3.8) is 0 Å². The van der Waals surface area contributed by atoms with Gasteiger partial charge in [0.25, 0.3) is 0 Å². The van der Waals surface area contributed by atoms with Gasteiger partial charge in [-0.3, -0.25) is 0 Å². The number of hydrogen-bond acceptors (Lipinski definition) is 1. The third-order valence-corrected chi connectivity index (χ3v) is 2.15. The summed E-state index contributed by atoms with van der Waals surface area (Å²) >= 11 is 0. The Labute approximate surface area is 86.7 Å². The van der Waals surface area contributed by atoms with Crippen molar-refractivity contribution in [1.82, 2.24) is 0 Å². The van der Waals surface area contributed by atoms with Crippen LogP contribution in [0.1, 0.15) is 30.9 Å². The van der Waals surface area contributed by atoms with Crippen molar-refractivity contribution in [3.8, 4) is 0 Å². The van der Waals surface area contributed by atoms with Gasteiger partial charge in [-0.1, -0.05) is 25.5 Å². The number of nitrogens with two attached hydrogens (primary N) is 1. The Bertz CT molecular complexity index is 258. The Morgan fingerprint density at radius 2 is 2.00 bits per heavy atom. The molecule has 2 N–H and O–H groups in total. The lowest BCUT2D eigenvalue weighted by atomic mass is 10.1. The highest BCUT2D eigenvalue weighted by Gasteiger charge is 1.95. The van der Waals surface area contributed by atoms with Gasteiger partial charge in [-0.15, -0.1) is 12.4 Å². The smallest absolute Gasteiger partial charge is 0.0343 e. The predicted octanol–water partition coefficient (Wildman–Crippen LogP) is 3.34. The molecule has 0 saturated carbocycles. The van der Waals surface area contributed by atoms with Crippen LogP contribution in [-0.4, -0.2) is 0 Å². The van der Waals surface area contributed by atoms with Crippen molar-refractivity contribution in [1.29, 1.82) is 0 Å². The first kappa shape index (κ1) is 12.3. The van der Waals surface area contributed by atoms with E-state index in [4.69, 9.17) is 5.73 Å². The largest absolute Gasteiger partial charge is 0.399 e. The summed E-state index contributed by atoms with van der Waals surface area (Å²) in [5.41, 5.74) is 9.22. The highest BCUT2D eigenvalue weighted by atomic mass is 35.5. The Kier molecular flexibility index (Phi) is 5.56. The van der Waals surface area contributed by atoms with Gasteiger partial charge in [0, 0.05) is 5.69 Å². The van der Waals surface area contributed by atoms with E-state index in [0.29, 0.717) is 0 Å². The fourth-order valence-electron chi connectivity index (χ4n) is 1.27. The summed E-state index contributed by atoms with van der Waals surface area (Å²) in [6, 6.07) is 6.31. The average Bonchev–Trinajstić information content (AvgIpc) is 2.07. The molecule has 0 atom stereocenters. The SMILES string of the molecule is CCCCc1ccc(N)c(C)c1.Cl. The molecule has 13 heavy (non-hydrogen) atoms. The number of anilines is 1. The molecule has 0 amide bonds. The second-order valence-electron chi connectivity index (χ2n) is 3.29. The number of hydrogen-bond donors (Lipinski definition) is 1. The molecule has 0 spiro atoms. The molecule has 0 fully saturated rings. The molecule has 0 aliphatic carbocycles. The summed E-state index contributed by atoms with van der Waals surface area (Å²) in [6.07, 6.45) is 3.70. The van der Waals surface area contributed by atoms with Crippen LogP contribution in [0, 0.1) is 6.92 Å². The molecule has 0 unspecified atom stereocenters. The number of rotatable bonds is 3. The molecule has 1 aromatic carbocycles. The monoisotopic (exact) mass is 199 g/mol. The van der Waals surface area contributed by atoms with Gasteiger partial charge in [-0.2, -0.15) is 0 Å². The lowest BCUT2D eigenvalue weighted by Gasteiger charge is -2.03. The first-order chi connectivity index (χ1) is 5.74. The lowest BCUT2D eigenvalue weighted by molar-refractivity contribution is 0.794. The maximum absolute atomic E-state index is 5.72. The van der Waals surface area contributed by atoms with Gasteiger partial charge in [-0.05, 0) is 37.0 Å². The third kappa shape index (κ3) is 3.69. The topological polar surface area (TPSA) is 26.0 Å². The zero-order chi connectivity index (χ0) is 8.97. The van der Waals surface area contributed by atoms with Gasteiger partial charge >= 0.3 is 0 Å². The lowest BCUT2D eigenvalue weighted by Crippen LogP contribution is -1.91. The molecule has 74 valence electrons. The number of unbranched alkanes of at least 4 members (excludes halogenated alkanes) is 1. The number of benzene rings is 1. The van der Waals surface area contributed by atoms with E-state index < -0.39 is 0 Å². The Morgan fingerprint density at radius 3 is 2.54 bits per heavy atom. The molecule has 1 aromatic rings. The van der Waals surface area contributed by atoms with Crippen molar-refractivity contribution in [2.45, 2.75) is 33.1 Å². The molecule has 0 bridgehead atoms. The summed E-state index contributed by atoms with van der Waals surface area (Å²) in [5, 5.41) is 0. The molecule has 1 rings (SSSR count). The average molecular weight is 200 g/mol. The van der Waals surface area contributed by atoms with Crippen LogP contribution in [0.5, 0.6) is 0 Å². The van der Waals surface area contributed by atoms with Gasteiger partial charge in [0.05, 0.1) is 0 Å². The molecule has 2 heteroatoms. The van der Waals surface area contributed by atoms with E-state index in [1.807, 2.05) is 6.07 Å². The maximum atomic E-state index is 5.72. The van der Waals surface area contributed by atoms with Gasteiger partial charge < -0.3 is 5.73 Å². The molecule has 0 radical (unpaired) electrons. The Balaban J connectivity index is 0.00000144. The van der Waals surface area contributed by atoms with Crippen molar-refractivity contribution < 1.29 is 0 Å². The third-order valence-electron chi connectivity index (χ3n) is 2.15. The zero-order valence-electron chi connectivity index (χ0n) is 8.34. The van der Waals surface area contributed by atoms with Gasteiger partial charge in [-0.25, -0.2) is 0 Å². The highest BCUT2D eigenvalue weighted by Crippen LogP contribution is 2.14. The van der Waals surface area contributed by atoms with Gasteiger partial charge in [0.1, 0.15) is 0 Å². The van der Waals surface area contributed by atoms with Crippen molar-refractivity contribution in [2.75, 3.05) is 5.73 Å². The Morgan fingerprint density at radius 1 is 1.31 bits per heavy atom. The van der Waals surface area contributed by atoms with E-state index in [-0.39, 0.29) is 12.4 Å². The van der Waals surface area contributed by atoms with Crippen LogP contribution in [0.4, 0.5) is 5.69 Å². The minimum Gasteiger partial charge on any atom is -0.399 e. The summed E-state index contributed by atoms with van der Waals surface area (Å²) in [7, 11) is 0. The van der Waals surface area contributed by atoms with Crippen LogP contribution in [0.3, 0.4) is 0 Å². The zero-order valence-corrected chi connectivity index (χ0v) is 9.16. The summed E-state index contributed by atoms with van der Waals surface area (Å²) in [6.45, 7) is 4.27. The van der Waals surface area contributed by atoms with Crippen LogP contribution in [0.25, 0.3) is 0 Å². The first-order valence-electron chi connectivity index (χ1n) is 4.59. The first-order valence-corrected chi connectivity index (χ1v) is 4.59. The second-order valence-corrected chi connectivity index (χ2v) is 3.29. The molecular formula is C11H18ClN. The van der Waals surface area contributed by atoms with Crippen LogP contribution in [-0.2, 0) is 6.42 Å². The molecule has 1 nitrogen and oxygen atoms in total. The van der Waals surface area contributed by atoms with Crippen molar-refractivity contribution in [3.05, 3.63) is 29.3 Å². The van der Waals surface area contributed by atoms with Crippen LogP contribution in [0.15, 0.2) is 18.2 Å². The molecule has 0 aliphatic heterocycles. The summed E-state index contributed by atoms with van der Waals surface area (Å²) in [4.78, 5) is 0. The molecule has 0 aliphatic rings. The highest BCUT2D eigenvalue weighted by molar-refractivity contribution is 5.85. The predicted molar refractivity (Wildman–Crippen MR) is 61.5 cm³/mol. The van der Waals surface area contributed by atoms with E-state index >= 15 is 0 Å². The fourth-order valence-corrected chi connectivity index (χ4v) is 1.27. The maximum Gasteiger partial charge on any atom is 0.0343 e.